The second-order valence-electron chi connectivity index (χ2n) is 6.44. The third kappa shape index (κ3) is 3.30. The van der Waals surface area contributed by atoms with Crippen LogP contribution in [0.2, 0.25) is 0 Å². The van der Waals surface area contributed by atoms with Crippen LogP contribution in [0.25, 0.3) is 0 Å². The van der Waals surface area contributed by atoms with Gasteiger partial charge in [0.1, 0.15) is 17.5 Å². The number of aromatic nitrogens is 2. The predicted octanol–water partition coefficient (Wildman–Crippen LogP) is 3.64. The van der Waals surface area contributed by atoms with E-state index in [1.54, 1.807) is 12.1 Å². The van der Waals surface area contributed by atoms with Gasteiger partial charge < -0.3 is 4.90 Å². The lowest BCUT2D eigenvalue weighted by molar-refractivity contribution is 0.0900. The number of anilines is 1. The van der Waals surface area contributed by atoms with Crippen molar-refractivity contribution < 1.29 is 9.18 Å². The number of hydrogen-bond donors (Lipinski definition) is 0. The molecule has 3 rings (SSSR count). The molecule has 24 heavy (non-hydrogen) atoms. The van der Waals surface area contributed by atoms with Gasteiger partial charge in [-0.1, -0.05) is 0 Å². The van der Waals surface area contributed by atoms with Gasteiger partial charge in [0.25, 0.3) is 0 Å². The minimum absolute atomic E-state index is 0.00366. The van der Waals surface area contributed by atoms with E-state index in [1.807, 2.05) is 20.8 Å². The van der Waals surface area contributed by atoms with Crippen molar-refractivity contribution in [1.82, 2.24) is 9.97 Å². The molecule has 0 amide bonds. The van der Waals surface area contributed by atoms with Gasteiger partial charge in [0.15, 0.2) is 5.78 Å². The zero-order chi connectivity index (χ0) is 17.3. The van der Waals surface area contributed by atoms with Crippen molar-refractivity contribution >= 4 is 11.6 Å². The third-order valence-corrected chi connectivity index (χ3v) is 4.77. The molecular weight excluding hydrogens is 305 g/mol. The Morgan fingerprint density at radius 2 is 1.71 bits per heavy atom. The van der Waals surface area contributed by atoms with Crippen LogP contribution < -0.4 is 4.90 Å². The Labute approximate surface area is 141 Å². The summed E-state index contributed by atoms with van der Waals surface area (Å²) in [4.78, 5) is 23.8. The molecular formula is C19H22FN3O. The van der Waals surface area contributed by atoms with E-state index < -0.39 is 0 Å². The van der Waals surface area contributed by atoms with E-state index in [0.29, 0.717) is 5.56 Å². The van der Waals surface area contributed by atoms with Crippen LogP contribution in [0, 0.1) is 32.5 Å². The summed E-state index contributed by atoms with van der Waals surface area (Å²) in [5, 5.41) is 0. The van der Waals surface area contributed by atoms with Gasteiger partial charge in [0.05, 0.1) is 0 Å². The Morgan fingerprint density at radius 1 is 1.08 bits per heavy atom. The topological polar surface area (TPSA) is 46.1 Å². The van der Waals surface area contributed by atoms with E-state index in [0.717, 1.165) is 48.8 Å². The molecule has 126 valence electrons. The van der Waals surface area contributed by atoms with Crippen molar-refractivity contribution in [2.45, 2.75) is 33.6 Å². The summed E-state index contributed by atoms with van der Waals surface area (Å²) >= 11 is 0. The number of carbonyl (C=O) groups excluding carboxylic acids is 1. The Balaban J connectivity index is 1.70. The first kappa shape index (κ1) is 16.6. The van der Waals surface area contributed by atoms with Gasteiger partial charge in [-0.25, -0.2) is 14.4 Å². The molecule has 0 N–H and O–H groups in total. The molecule has 0 unspecified atom stereocenters. The number of piperidine rings is 1. The quantitative estimate of drug-likeness (QED) is 0.808. The van der Waals surface area contributed by atoms with Gasteiger partial charge >= 0.3 is 0 Å². The summed E-state index contributed by atoms with van der Waals surface area (Å²) in [7, 11) is 0. The molecule has 0 aliphatic carbocycles. The van der Waals surface area contributed by atoms with E-state index in [-0.39, 0.29) is 17.5 Å². The lowest BCUT2D eigenvalue weighted by Gasteiger charge is -2.33. The van der Waals surface area contributed by atoms with Gasteiger partial charge in [0.2, 0.25) is 0 Å². The van der Waals surface area contributed by atoms with Gasteiger partial charge in [-0.2, -0.15) is 0 Å². The van der Waals surface area contributed by atoms with E-state index in [9.17, 15) is 9.18 Å². The van der Waals surface area contributed by atoms with E-state index in [4.69, 9.17) is 0 Å². The second kappa shape index (κ2) is 6.67. The molecule has 0 saturated carbocycles. The smallest absolute Gasteiger partial charge is 0.166 e. The molecule has 0 bridgehead atoms. The minimum atomic E-state index is -0.314. The van der Waals surface area contributed by atoms with Crippen molar-refractivity contribution in [3.05, 3.63) is 52.7 Å². The van der Waals surface area contributed by atoms with Crippen LogP contribution in [0.15, 0.2) is 24.3 Å². The monoisotopic (exact) mass is 327 g/mol. The Morgan fingerprint density at radius 3 is 2.33 bits per heavy atom. The fourth-order valence-electron chi connectivity index (χ4n) is 3.26. The number of rotatable bonds is 3. The summed E-state index contributed by atoms with van der Waals surface area (Å²) in [6.45, 7) is 7.54. The van der Waals surface area contributed by atoms with Crippen LogP contribution in [0.4, 0.5) is 10.2 Å². The summed E-state index contributed by atoms with van der Waals surface area (Å²) in [6, 6.07) is 5.84. The van der Waals surface area contributed by atoms with Gasteiger partial charge in [-0.05, 0) is 57.9 Å². The van der Waals surface area contributed by atoms with E-state index >= 15 is 0 Å². The van der Waals surface area contributed by atoms with Crippen LogP contribution >= 0.6 is 0 Å². The number of nitrogens with zero attached hydrogens (tertiary/aromatic N) is 3. The average Bonchev–Trinajstić information content (AvgIpc) is 2.58. The molecule has 4 nitrogen and oxygen atoms in total. The molecule has 2 heterocycles. The number of aryl methyl sites for hydroxylation is 2. The van der Waals surface area contributed by atoms with Crippen molar-refractivity contribution in [3.63, 3.8) is 0 Å². The maximum absolute atomic E-state index is 13.0. The minimum Gasteiger partial charge on any atom is -0.356 e. The Bertz CT molecular complexity index is 750. The summed E-state index contributed by atoms with van der Waals surface area (Å²) in [5.41, 5.74) is 2.70. The van der Waals surface area contributed by atoms with Crippen LogP contribution in [0.3, 0.4) is 0 Å². The first-order valence-electron chi connectivity index (χ1n) is 8.32. The number of ketones is 1. The third-order valence-electron chi connectivity index (χ3n) is 4.77. The van der Waals surface area contributed by atoms with Gasteiger partial charge in [-0.3, -0.25) is 4.79 Å². The highest BCUT2D eigenvalue weighted by atomic mass is 19.1. The van der Waals surface area contributed by atoms with Crippen LogP contribution in [0.1, 0.15) is 40.3 Å². The predicted molar refractivity (Wildman–Crippen MR) is 91.9 cm³/mol. The zero-order valence-electron chi connectivity index (χ0n) is 14.3. The normalized spacial score (nSPS) is 15.6. The standard InChI is InChI=1S/C19H22FN3O/c1-12-13(2)21-14(3)22-19(12)23-10-8-16(9-11-23)18(24)15-4-6-17(20)7-5-15/h4-7,16H,8-11H2,1-3H3. The molecule has 1 aliphatic heterocycles. The molecule has 2 aromatic rings. The number of benzene rings is 1. The zero-order valence-corrected chi connectivity index (χ0v) is 14.3. The molecule has 5 heteroatoms. The molecule has 0 atom stereocenters. The van der Waals surface area contributed by atoms with Crippen molar-refractivity contribution in [2.24, 2.45) is 5.92 Å². The summed E-state index contributed by atoms with van der Waals surface area (Å²) < 4.78 is 13.0. The van der Waals surface area contributed by atoms with Crippen LogP contribution in [0.5, 0.6) is 0 Å². The molecule has 0 radical (unpaired) electrons. The lowest BCUT2D eigenvalue weighted by Crippen LogP contribution is -2.37. The van der Waals surface area contributed by atoms with E-state index in [2.05, 4.69) is 14.9 Å². The SMILES string of the molecule is Cc1nc(C)c(C)c(N2CCC(C(=O)c3ccc(F)cc3)CC2)n1. The molecule has 1 fully saturated rings. The number of carbonyl (C=O) groups is 1. The molecule has 1 aromatic heterocycles. The largest absolute Gasteiger partial charge is 0.356 e. The summed E-state index contributed by atoms with van der Waals surface area (Å²) in [5.74, 6) is 1.55. The number of hydrogen-bond acceptors (Lipinski definition) is 4. The lowest BCUT2D eigenvalue weighted by atomic mass is 9.89. The second-order valence-corrected chi connectivity index (χ2v) is 6.44. The first-order valence-corrected chi connectivity index (χ1v) is 8.32. The van der Waals surface area contributed by atoms with Crippen molar-refractivity contribution in [3.8, 4) is 0 Å². The molecule has 1 saturated heterocycles. The Hall–Kier alpha value is -2.30. The van der Waals surface area contributed by atoms with Crippen LogP contribution in [-0.4, -0.2) is 28.8 Å². The highest BCUT2D eigenvalue weighted by Crippen LogP contribution is 2.27. The average molecular weight is 327 g/mol. The van der Waals surface area contributed by atoms with Crippen molar-refractivity contribution in [1.29, 1.82) is 0 Å². The fraction of sp³-hybridized carbons (Fsp3) is 0.421. The maximum atomic E-state index is 13.0. The first-order chi connectivity index (χ1) is 11.5. The molecule has 0 spiro atoms. The Kier molecular flexibility index (Phi) is 4.60. The van der Waals surface area contributed by atoms with Gasteiger partial charge in [0, 0.05) is 35.8 Å². The van der Waals surface area contributed by atoms with Gasteiger partial charge in [-0.15, -0.1) is 0 Å². The fourth-order valence-corrected chi connectivity index (χ4v) is 3.26. The number of Topliss-reactive ketones (excluding diaryl/α,β-unsaturated/α-hetero) is 1. The highest BCUT2D eigenvalue weighted by Gasteiger charge is 2.27. The molecule has 1 aliphatic rings. The molecule has 1 aromatic carbocycles. The highest BCUT2D eigenvalue weighted by molar-refractivity contribution is 5.97. The summed E-state index contributed by atoms with van der Waals surface area (Å²) in [6.07, 6.45) is 1.58. The van der Waals surface area contributed by atoms with E-state index in [1.165, 1.54) is 12.1 Å². The number of halogens is 1. The maximum Gasteiger partial charge on any atom is 0.166 e. The van der Waals surface area contributed by atoms with Crippen molar-refractivity contribution in [2.75, 3.05) is 18.0 Å². The van der Waals surface area contributed by atoms with Crippen LogP contribution in [-0.2, 0) is 0 Å².